The molecule has 0 aliphatic heterocycles. The Morgan fingerprint density at radius 2 is 1.94 bits per heavy atom. The predicted molar refractivity (Wildman–Crippen MR) is 58.5 cm³/mol. The van der Waals surface area contributed by atoms with Crippen molar-refractivity contribution in [3.63, 3.8) is 0 Å². The molecule has 0 aromatic carbocycles. The molecule has 0 N–H and O–H groups in total. The molecule has 0 heterocycles. The van der Waals surface area contributed by atoms with E-state index >= 15 is 0 Å². The summed E-state index contributed by atoms with van der Waals surface area (Å²) >= 11 is 0. The van der Waals surface area contributed by atoms with Crippen LogP contribution in [0.2, 0.25) is 0 Å². The summed E-state index contributed by atoms with van der Waals surface area (Å²) in [7, 11) is 0. The molecule has 1 aliphatic carbocycles. The molecule has 0 bridgehead atoms. The van der Waals surface area contributed by atoms with Crippen molar-refractivity contribution in [1.29, 1.82) is 0 Å². The number of hydrogen-bond donors (Lipinski definition) is 0. The van der Waals surface area contributed by atoms with Gasteiger partial charge in [-0.25, -0.2) is 4.79 Å². The number of hydrogen-bond acceptors (Lipinski definition) is 3. The average Bonchev–Trinajstić information content (AvgIpc) is 2.26. The van der Waals surface area contributed by atoms with Gasteiger partial charge in [0.15, 0.2) is 6.10 Å². The number of carbonyl (C=O) groups is 1. The first-order chi connectivity index (χ1) is 8.35. The van der Waals surface area contributed by atoms with Gasteiger partial charge < -0.3 is 4.74 Å². The van der Waals surface area contributed by atoms with Gasteiger partial charge in [-0.05, 0) is 12.8 Å². The van der Waals surface area contributed by atoms with Crippen molar-refractivity contribution in [2.75, 3.05) is 6.61 Å². The first-order valence-electron chi connectivity index (χ1n) is 5.61. The Hall–Kier alpha value is -1.30. The van der Waals surface area contributed by atoms with Gasteiger partial charge >= 0.3 is 12.3 Å². The number of halogens is 3. The Morgan fingerprint density at radius 1 is 1.33 bits per heavy atom. The van der Waals surface area contributed by atoms with Crippen molar-refractivity contribution < 1.29 is 27.4 Å². The highest BCUT2D eigenvalue weighted by atomic mass is 19.4. The molecule has 2 unspecified atom stereocenters. The zero-order valence-electron chi connectivity index (χ0n) is 10.1. The van der Waals surface area contributed by atoms with E-state index in [-0.39, 0.29) is 12.5 Å². The first kappa shape index (κ1) is 14.8. The maximum Gasteiger partial charge on any atom is 0.523 e. The SMILES string of the molecule is CCOC(=O)[C@H](OC(F)(F)F)C1C=CC=CC1C. The molecule has 0 radical (unpaired) electrons. The molecular weight excluding hydrogens is 249 g/mol. The summed E-state index contributed by atoms with van der Waals surface area (Å²) in [5, 5.41) is 0. The van der Waals surface area contributed by atoms with Crippen LogP contribution in [0.4, 0.5) is 13.2 Å². The maximum atomic E-state index is 12.3. The molecule has 0 spiro atoms. The molecule has 18 heavy (non-hydrogen) atoms. The molecule has 0 aromatic heterocycles. The first-order valence-corrected chi connectivity index (χ1v) is 5.61. The normalized spacial score (nSPS) is 24.9. The number of rotatable bonds is 4. The Bertz CT molecular complexity index is 347. The van der Waals surface area contributed by atoms with Crippen molar-refractivity contribution in [3.8, 4) is 0 Å². The standard InChI is InChI=1S/C12H15F3O3/c1-3-17-11(16)10(18-12(13,14)15)9-7-5-4-6-8(9)2/h4-10H,3H2,1-2H3/t8?,9?,10-/m1/s1. The van der Waals surface area contributed by atoms with Crippen molar-refractivity contribution >= 4 is 5.97 Å². The topological polar surface area (TPSA) is 35.5 Å². The van der Waals surface area contributed by atoms with E-state index in [1.165, 1.54) is 13.0 Å². The van der Waals surface area contributed by atoms with E-state index in [9.17, 15) is 18.0 Å². The summed E-state index contributed by atoms with van der Waals surface area (Å²) < 4.78 is 45.5. The molecule has 0 aromatic rings. The fraction of sp³-hybridized carbons (Fsp3) is 0.583. The van der Waals surface area contributed by atoms with Crippen molar-refractivity contribution in [2.45, 2.75) is 26.3 Å². The number of alkyl halides is 3. The van der Waals surface area contributed by atoms with Crippen molar-refractivity contribution in [2.24, 2.45) is 11.8 Å². The third-order valence-corrected chi connectivity index (χ3v) is 2.60. The molecule has 1 rings (SSSR count). The van der Waals surface area contributed by atoms with Gasteiger partial charge in [-0.2, -0.15) is 0 Å². The smallest absolute Gasteiger partial charge is 0.464 e. The lowest BCUT2D eigenvalue weighted by atomic mass is 9.85. The third kappa shape index (κ3) is 4.18. The maximum absolute atomic E-state index is 12.3. The van der Waals surface area contributed by atoms with Crippen LogP contribution < -0.4 is 0 Å². The van der Waals surface area contributed by atoms with Gasteiger partial charge in [-0.1, -0.05) is 31.2 Å². The molecule has 0 saturated heterocycles. The molecule has 0 fully saturated rings. The molecule has 6 heteroatoms. The van der Waals surface area contributed by atoms with Gasteiger partial charge in [-0.15, -0.1) is 13.2 Å². The Morgan fingerprint density at radius 3 is 2.44 bits per heavy atom. The van der Waals surface area contributed by atoms with Crippen LogP contribution in [0.3, 0.4) is 0 Å². The van der Waals surface area contributed by atoms with Gasteiger partial charge in [0, 0.05) is 5.92 Å². The second-order valence-corrected chi connectivity index (χ2v) is 3.94. The number of ether oxygens (including phenoxy) is 2. The predicted octanol–water partition coefficient (Wildman–Crippen LogP) is 2.83. The van der Waals surface area contributed by atoms with Crippen LogP contribution in [0.5, 0.6) is 0 Å². The summed E-state index contributed by atoms with van der Waals surface area (Å²) in [4.78, 5) is 11.6. The summed E-state index contributed by atoms with van der Waals surface area (Å²) in [6.45, 7) is 3.26. The van der Waals surface area contributed by atoms with Crippen LogP contribution in [0.25, 0.3) is 0 Å². The molecular formula is C12H15F3O3. The van der Waals surface area contributed by atoms with Gasteiger partial charge in [0.05, 0.1) is 6.61 Å². The lowest BCUT2D eigenvalue weighted by Crippen LogP contribution is -2.40. The molecule has 0 amide bonds. The molecule has 1 aliphatic rings. The van der Waals surface area contributed by atoms with Crippen LogP contribution in [-0.2, 0) is 14.3 Å². The van der Waals surface area contributed by atoms with E-state index in [1.54, 1.807) is 25.2 Å². The third-order valence-electron chi connectivity index (χ3n) is 2.60. The Balaban J connectivity index is 2.86. The van der Waals surface area contributed by atoms with E-state index in [0.717, 1.165) is 0 Å². The zero-order valence-corrected chi connectivity index (χ0v) is 10.1. The Kier molecular flexibility index (Phi) is 4.95. The summed E-state index contributed by atoms with van der Waals surface area (Å²) in [6, 6.07) is 0. The largest absolute Gasteiger partial charge is 0.523 e. The van der Waals surface area contributed by atoms with Gasteiger partial charge in [-0.3, -0.25) is 4.74 Å². The fourth-order valence-corrected chi connectivity index (χ4v) is 1.76. The highest BCUT2D eigenvalue weighted by Crippen LogP contribution is 2.30. The van der Waals surface area contributed by atoms with E-state index in [1.807, 2.05) is 0 Å². The van der Waals surface area contributed by atoms with E-state index in [4.69, 9.17) is 0 Å². The minimum Gasteiger partial charge on any atom is -0.464 e. The molecule has 3 nitrogen and oxygen atoms in total. The molecule has 3 atom stereocenters. The lowest BCUT2D eigenvalue weighted by Gasteiger charge is -2.28. The van der Waals surface area contributed by atoms with Crippen LogP contribution in [0.15, 0.2) is 24.3 Å². The molecule has 0 saturated carbocycles. The highest BCUT2D eigenvalue weighted by Gasteiger charge is 2.42. The van der Waals surface area contributed by atoms with Gasteiger partial charge in [0.25, 0.3) is 0 Å². The zero-order chi connectivity index (χ0) is 13.8. The quantitative estimate of drug-likeness (QED) is 0.732. The Labute approximate surface area is 103 Å². The number of carbonyl (C=O) groups excluding carboxylic acids is 1. The van der Waals surface area contributed by atoms with Crippen LogP contribution in [-0.4, -0.2) is 25.0 Å². The second kappa shape index (κ2) is 6.04. The van der Waals surface area contributed by atoms with E-state index in [2.05, 4.69) is 9.47 Å². The van der Waals surface area contributed by atoms with Crippen molar-refractivity contribution in [3.05, 3.63) is 24.3 Å². The van der Waals surface area contributed by atoms with Gasteiger partial charge in [0.2, 0.25) is 0 Å². The number of allylic oxidation sites excluding steroid dienone is 3. The summed E-state index contributed by atoms with van der Waals surface area (Å²) in [5.41, 5.74) is 0. The van der Waals surface area contributed by atoms with E-state index in [0.29, 0.717) is 0 Å². The number of esters is 1. The van der Waals surface area contributed by atoms with Gasteiger partial charge in [0.1, 0.15) is 0 Å². The highest BCUT2D eigenvalue weighted by molar-refractivity contribution is 5.75. The monoisotopic (exact) mass is 264 g/mol. The average molecular weight is 264 g/mol. The van der Waals surface area contributed by atoms with Crippen molar-refractivity contribution in [1.82, 2.24) is 0 Å². The molecule has 102 valence electrons. The van der Waals surface area contributed by atoms with Crippen LogP contribution in [0.1, 0.15) is 13.8 Å². The minimum absolute atomic E-state index is 0.0111. The lowest BCUT2D eigenvalue weighted by molar-refractivity contribution is -0.344. The van der Waals surface area contributed by atoms with Crippen LogP contribution >= 0.6 is 0 Å². The fourth-order valence-electron chi connectivity index (χ4n) is 1.76. The van der Waals surface area contributed by atoms with Crippen LogP contribution in [0, 0.1) is 11.8 Å². The summed E-state index contributed by atoms with van der Waals surface area (Å²) in [6.07, 6.45) is 0.0233. The second-order valence-electron chi connectivity index (χ2n) is 3.94. The minimum atomic E-state index is -4.87. The summed E-state index contributed by atoms with van der Waals surface area (Å²) in [5.74, 6) is -1.91. The van der Waals surface area contributed by atoms with E-state index < -0.39 is 24.4 Å².